The molecule has 0 bridgehead atoms. The van der Waals surface area contributed by atoms with E-state index in [1.807, 2.05) is 48.6 Å². The van der Waals surface area contributed by atoms with Gasteiger partial charge in [-0.15, -0.1) is 0 Å². The van der Waals surface area contributed by atoms with Crippen molar-refractivity contribution in [2.75, 3.05) is 11.5 Å². The minimum absolute atomic E-state index is 0.302. The Labute approximate surface area is 364 Å². The Morgan fingerprint density at radius 2 is 0.766 bits per heavy atom. The second-order valence-corrected chi connectivity index (χ2v) is 14.6. The molecule has 16 nitrogen and oxygen atoms in total. The van der Waals surface area contributed by atoms with Crippen LogP contribution in [-0.2, 0) is 9.59 Å². The highest BCUT2D eigenvalue weighted by Gasteiger charge is 2.42. The number of benzene rings is 2. The van der Waals surface area contributed by atoms with Crippen LogP contribution in [0.15, 0.2) is 187 Å². The third-order valence-electron chi connectivity index (χ3n) is 11.0. The first-order chi connectivity index (χ1) is 31.4. The second kappa shape index (κ2) is 17.6. The molecule has 6 aromatic rings. The molecule has 8 heterocycles. The maximum atomic E-state index is 11.8. The summed E-state index contributed by atoms with van der Waals surface area (Å²) in [6.07, 6.45) is 27.6. The summed E-state index contributed by atoms with van der Waals surface area (Å²) in [6.45, 7) is 0. The Bertz CT molecular complexity index is 3080. The van der Waals surface area contributed by atoms with Gasteiger partial charge in [-0.1, -0.05) is 58.9 Å². The van der Waals surface area contributed by atoms with Gasteiger partial charge in [-0.3, -0.25) is 49.5 Å². The average Bonchev–Trinajstić information content (AvgIpc) is 3.37. The first kappa shape index (κ1) is 40.5. The van der Waals surface area contributed by atoms with Crippen LogP contribution < -0.4 is 11.5 Å². The zero-order chi connectivity index (χ0) is 44.2. The SMILES string of the molecule is Nc1c(N)c2cccnc2c2ncccc12.O=C1C(=O)C2C=CC=NC2=C2N=CC=CC12.ON=C1/C(=N\O)C2C=CC=NC2=C2N=CC=CC12.c1cnc2c(c1)ccc1cccnc12. The zero-order valence-electron chi connectivity index (χ0n) is 33.7. The van der Waals surface area contributed by atoms with Crippen molar-refractivity contribution < 1.29 is 20.0 Å². The van der Waals surface area contributed by atoms with Crippen LogP contribution >= 0.6 is 0 Å². The number of pyridine rings is 4. The molecule has 0 spiro atoms. The Kier molecular flexibility index (Phi) is 11.1. The van der Waals surface area contributed by atoms with Crippen molar-refractivity contribution in [3.8, 4) is 0 Å². The van der Waals surface area contributed by atoms with Crippen LogP contribution in [0.4, 0.5) is 11.4 Å². The third kappa shape index (κ3) is 7.34. The number of fused-ring (bicyclic) bond motifs is 10. The fraction of sp³-hybridized carbons (Fsp3) is 0.0833. The molecular formula is C48H36N12O4. The summed E-state index contributed by atoms with van der Waals surface area (Å²) >= 11 is 0. The van der Waals surface area contributed by atoms with E-state index in [9.17, 15) is 9.59 Å². The number of nitrogens with zero attached hydrogens (tertiary/aromatic N) is 10. The molecule has 16 heteroatoms. The lowest BCUT2D eigenvalue weighted by molar-refractivity contribution is -0.139. The van der Waals surface area contributed by atoms with E-state index >= 15 is 0 Å². The quantitative estimate of drug-likeness (QED) is 0.0305. The lowest BCUT2D eigenvalue weighted by Crippen LogP contribution is -2.37. The summed E-state index contributed by atoms with van der Waals surface area (Å²) in [6, 6.07) is 19.6. The standard InChI is InChI=1S/C12H10N4O2.C12H10N4.C12H8N2O2.C12H8N2/c17-15-11-7-3-1-5-13-9(7)10-8(12(11)16-18)4-2-6-14-10;13-9-7-3-1-5-15-11(7)12-8(10(9)14)4-2-6-16-12;15-11-7-3-1-5-13-9(7)10-8(12(11)16)4-2-6-14-10;1-3-9-5-6-10-4-2-8-14-12(10)11(9)13-7-1/h1-8,17-18H;1-6H,13-14H2;1-8H;1-8H/b15-11-,16-12?;;;. The number of aliphatic imine (C=N–C) groups is 4. The largest absolute Gasteiger partial charge is 0.411 e. The lowest BCUT2D eigenvalue weighted by Gasteiger charge is -2.30. The number of carbonyl (C=O) groups is 2. The van der Waals surface area contributed by atoms with Crippen molar-refractivity contribution in [3.05, 3.63) is 157 Å². The van der Waals surface area contributed by atoms with E-state index in [0.717, 1.165) is 55.0 Å². The Morgan fingerprint density at radius 1 is 0.438 bits per heavy atom. The third-order valence-corrected chi connectivity index (χ3v) is 11.0. The monoisotopic (exact) mass is 844 g/mol. The van der Waals surface area contributed by atoms with Gasteiger partial charge in [0.25, 0.3) is 0 Å². The molecule has 6 N–H and O–H groups in total. The number of oxime groups is 2. The molecule has 2 aliphatic carbocycles. The van der Waals surface area contributed by atoms with E-state index in [-0.39, 0.29) is 11.8 Å². The highest BCUT2D eigenvalue weighted by atomic mass is 16.4. The molecule has 0 saturated heterocycles. The summed E-state index contributed by atoms with van der Waals surface area (Å²) in [5, 5.41) is 28.8. The summed E-state index contributed by atoms with van der Waals surface area (Å²) in [4.78, 5) is 57.9. The van der Waals surface area contributed by atoms with E-state index in [4.69, 9.17) is 21.9 Å². The van der Waals surface area contributed by atoms with Gasteiger partial charge in [-0.05, 0) is 60.7 Å². The number of dihydropyridines is 4. The van der Waals surface area contributed by atoms with Crippen molar-refractivity contribution in [1.82, 2.24) is 19.9 Å². The van der Waals surface area contributed by atoms with Crippen LogP contribution in [0.5, 0.6) is 0 Å². The number of rotatable bonds is 0. The summed E-state index contributed by atoms with van der Waals surface area (Å²) in [5.41, 5.74) is 19.9. The topological polar surface area (TPSA) is 252 Å². The Morgan fingerprint density at radius 3 is 1.14 bits per heavy atom. The van der Waals surface area contributed by atoms with Crippen molar-refractivity contribution in [1.29, 1.82) is 0 Å². The Hall–Kier alpha value is -8.92. The summed E-state index contributed by atoms with van der Waals surface area (Å²) < 4.78 is 0. The van der Waals surface area contributed by atoms with Gasteiger partial charge in [0.2, 0.25) is 11.6 Å². The molecule has 0 radical (unpaired) electrons. The molecule has 312 valence electrons. The van der Waals surface area contributed by atoms with E-state index in [0.29, 0.717) is 34.2 Å². The number of carbonyl (C=O) groups excluding carboxylic acids is 2. The molecule has 4 unspecified atom stereocenters. The zero-order valence-corrected chi connectivity index (χ0v) is 33.7. The number of hydrogen-bond acceptors (Lipinski definition) is 16. The molecule has 64 heavy (non-hydrogen) atoms. The van der Waals surface area contributed by atoms with Gasteiger partial charge >= 0.3 is 0 Å². The van der Waals surface area contributed by atoms with E-state index in [1.54, 1.807) is 86.1 Å². The highest BCUT2D eigenvalue weighted by molar-refractivity contribution is 6.46. The first-order valence-corrected chi connectivity index (χ1v) is 20.0. The number of anilines is 2. The van der Waals surface area contributed by atoms with Crippen LogP contribution in [0.25, 0.3) is 43.6 Å². The molecule has 12 rings (SSSR count). The average molecular weight is 845 g/mol. The molecule has 0 fully saturated rings. The van der Waals surface area contributed by atoms with Gasteiger partial charge in [0.1, 0.15) is 11.4 Å². The number of hydrogen-bond donors (Lipinski definition) is 4. The molecule has 6 aliphatic rings. The molecular weight excluding hydrogens is 809 g/mol. The van der Waals surface area contributed by atoms with E-state index < -0.39 is 23.4 Å². The van der Waals surface area contributed by atoms with Crippen LogP contribution in [0.2, 0.25) is 0 Å². The predicted molar refractivity (Wildman–Crippen MR) is 250 cm³/mol. The van der Waals surface area contributed by atoms with Crippen LogP contribution in [0.1, 0.15) is 0 Å². The van der Waals surface area contributed by atoms with E-state index in [1.165, 1.54) is 0 Å². The van der Waals surface area contributed by atoms with Gasteiger partial charge in [0, 0.05) is 71.2 Å². The van der Waals surface area contributed by atoms with Crippen LogP contribution in [0, 0.1) is 23.7 Å². The smallest absolute Gasteiger partial charge is 0.212 e. The normalized spacial score (nSPS) is 22.1. The van der Waals surface area contributed by atoms with Crippen LogP contribution in [-0.4, -0.2) is 78.2 Å². The number of nitrogen functional groups attached to an aromatic ring is 2. The number of Topliss-reactive ketones (excluding diaryl/α,β-unsaturated/α-hetero) is 2. The van der Waals surface area contributed by atoms with Gasteiger partial charge in [-0.25, -0.2) is 0 Å². The molecule has 2 aromatic carbocycles. The molecule has 4 atom stereocenters. The minimum atomic E-state index is -0.535. The maximum absolute atomic E-state index is 11.8. The maximum Gasteiger partial charge on any atom is 0.212 e. The number of ketones is 2. The van der Waals surface area contributed by atoms with Crippen molar-refractivity contribution in [2.45, 2.75) is 0 Å². The van der Waals surface area contributed by atoms with Gasteiger partial charge in [0.15, 0.2) is 0 Å². The predicted octanol–water partition coefficient (Wildman–Crippen LogP) is 6.98. The van der Waals surface area contributed by atoms with Crippen LogP contribution in [0.3, 0.4) is 0 Å². The number of aromatic nitrogens is 4. The van der Waals surface area contributed by atoms with Gasteiger partial charge < -0.3 is 21.9 Å². The fourth-order valence-electron chi connectivity index (χ4n) is 8.03. The minimum Gasteiger partial charge on any atom is -0.411 e. The number of allylic oxidation sites excluding steroid dienone is 8. The van der Waals surface area contributed by atoms with E-state index in [2.05, 4.69) is 74.5 Å². The van der Waals surface area contributed by atoms with Crippen molar-refractivity contribution in [2.24, 2.45) is 54.0 Å². The second-order valence-electron chi connectivity index (χ2n) is 14.6. The molecule has 4 aliphatic heterocycles. The molecule has 0 saturated carbocycles. The molecule has 0 amide bonds. The Balaban J connectivity index is 0.000000108. The number of nitrogens with two attached hydrogens (primary N) is 2. The van der Waals surface area contributed by atoms with Crippen molar-refractivity contribution in [3.63, 3.8) is 0 Å². The lowest BCUT2D eigenvalue weighted by atomic mass is 9.78. The van der Waals surface area contributed by atoms with Crippen molar-refractivity contribution >= 4 is 103 Å². The fourth-order valence-corrected chi connectivity index (χ4v) is 8.03. The summed E-state index contributed by atoms with van der Waals surface area (Å²) in [5.74, 6) is -2.49. The van der Waals surface area contributed by atoms with Gasteiger partial charge in [0.05, 0.1) is 79.9 Å². The molecule has 4 aromatic heterocycles. The first-order valence-electron chi connectivity index (χ1n) is 20.0. The summed E-state index contributed by atoms with van der Waals surface area (Å²) in [7, 11) is 0. The highest BCUT2D eigenvalue weighted by Crippen LogP contribution is 2.38. The van der Waals surface area contributed by atoms with Gasteiger partial charge in [-0.2, -0.15) is 0 Å².